The molecule has 1 N–H and O–H groups in total. The number of aromatic nitrogens is 3. The summed E-state index contributed by atoms with van der Waals surface area (Å²) >= 11 is 6.13. The van der Waals surface area contributed by atoms with Crippen molar-refractivity contribution in [2.45, 2.75) is 19.5 Å². The number of nitrogens with zero attached hydrogens (tertiary/aromatic N) is 4. The monoisotopic (exact) mass is 407 g/mol. The van der Waals surface area contributed by atoms with Crippen LogP contribution in [-0.2, 0) is 19.5 Å². The van der Waals surface area contributed by atoms with Crippen LogP contribution >= 0.6 is 11.6 Å². The molecule has 3 aromatic rings. The first-order chi connectivity index (χ1) is 14.2. The average Bonchev–Trinajstić information content (AvgIpc) is 3.29. The number of halogens is 1. The van der Waals surface area contributed by atoms with Crippen LogP contribution in [0.5, 0.6) is 0 Å². The Balaban J connectivity index is 1.28. The zero-order valence-corrected chi connectivity index (χ0v) is 16.7. The lowest BCUT2D eigenvalue weighted by molar-refractivity contribution is 0.100. The lowest BCUT2D eigenvalue weighted by atomic mass is 9.89. The van der Waals surface area contributed by atoms with E-state index in [9.17, 15) is 4.79 Å². The van der Waals surface area contributed by atoms with Gasteiger partial charge in [0.15, 0.2) is 0 Å². The summed E-state index contributed by atoms with van der Waals surface area (Å²) in [6.07, 6.45) is 0.863. The number of rotatable bonds is 4. The zero-order valence-electron chi connectivity index (χ0n) is 16.0. The Morgan fingerprint density at radius 1 is 1.03 bits per heavy atom. The van der Waals surface area contributed by atoms with Gasteiger partial charge in [-0.1, -0.05) is 41.9 Å². The summed E-state index contributed by atoms with van der Waals surface area (Å²) in [5.41, 5.74) is 2.00. The second-order valence-corrected chi connectivity index (χ2v) is 8.36. The highest BCUT2D eigenvalue weighted by Gasteiger charge is 2.39. The molecular weight excluding hydrogens is 386 g/mol. The quantitative estimate of drug-likeness (QED) is 0.719. The molecule has 2 aliphatic heterocycles. The van der Waals surface area contributed by atoms with E-state index in [0.717, 1.165) is 49.1 Å². The number of hydrogen-bond acceptors (Lipinski definition) is 4. The summed E-state index contributed by atoms with van der Waals surface area (Å²) < 4.78 is 2.00. The predicted octanol–water partition coefficient (Wildman–Crippen LogP) is 3.49. The molecule has 1 saturated heterocycles. The summed E-state index contributed by atoms with van der Waals surface area (Å²) in [4.78, 5) is 15.2. The van der Waals surface area contributed by atoms with E-state index in [-0.39, 0.29) is 5.91 Å². The third-order valence-electron chi connectivity index (χ3n) is 5.87. The molecule has 0 spiro atoms. The Labute approximate surface area is 174 Å². The zero-order chi connectivity index (χ0) is 19.8. The summed E-state index contributed by atoms with van der Waals surface area (Å²) in [7, 11) is 0. The van der Waals surface area contributed by atoms with E-state index in [2.05, 4.69) is 26.5 Å². The first-order valence-corrected chi connectivity index (χ1v) is 10.3. The van der Waals surface area contributed by atoms with E-state index in [1.54, 1.807) is 0 Å². The molecule has 0 bridgehead atoms. The van der Waals surface area contributed by atoms with Crippen molar-refractivity contribution in [1.29, 1.82) is 0 Å². The van der Waals surface area contributed by atoms with E-state index in [1.165, 1.54) is 5.56 Å². The van der Waals surface area contributed by atoms with Crippen LogP contribution in [0.15, 0.2) is 54.6 Å². The van der Waals surface area contributed by atoms with Crippen LogP contribution in [0, 0.1) is 11.8 Å². The average molecular weight is 408 g/mol. The fraction of sp³-hybridized carbons (Fsp3) is 0.318. The third-order valence-corrected chi connectivity index (χ3v) is 6.11. The largest absolute Gasteiger partial charge is 0.319 e. The van der Waals surface area contributed by atoms with Crippen LogP contribution in [0.2, 0.25) is 5.02 Å². The highest BCUT2D eigenvalue weighted by molar-refractivity contribution is 6.30. The van der Waals surface area contributed by atoms with Gasteiger partial charge in [0.25, 0.3) is 5.91 Å². The van der Waals surface area contributed by atoms with Crippen molar-refractivity contribution in [2.24, 2.45) is 11.8 Å². The number of anilines is 1. The van der Waals surface area contributed by atoms with Crippen LogP contribution in [0.1, 0.15) is 22.0 Å². The van der Waals surface area contributed by atoms with E-state index in [0.29, 0.717) is 17.7 Å². The molecule has 1 aromatic heterocycles. The SMILES string of the molecule is O=C(Nc1ccccc1)c1nnc2n1CC1CN(Cc3cccc(Cl)c3)CC1C2. The molecule has 2 aliphatic rings. The molecule has 2 unspecified atom stereocenters. The molecular formula is C22H22ClN5O. The fourth-order valence-corrected chi connectivity index (χ4v) is 4.73. The smallest absolute Gasteiger partial charge is 0.293 e. The molecule has 5 rings (SSSR count). The minimum absolute atomic E-state index is 0.206. The van der Waals surface area contributed by atoms with Gasteiger partial charge in [-0.15, -0.1) is 10.2 Å². The highest BCUT2D eigenvalue weighted by Crippen LogP contribution is 2.33. The molecule has 3 heterocycles. The van der Waals surface area contributed by atoms with E-state index in [1.807, 2.05) is 53.1 Å². The van der Waals surface area contributed by atoms with Gasteiger partial charge in [0.05, 0.1) is 0 Å². The lowest BCUT2D eigenvalue weighted by Crippen LogP contribution is -2.31. The number of carbonyl (C=O) groups excluding carboxylic acids is 1. The normalized spacial score (nSPS) is 20.9. The van der Waals surface area contributed by atoms with Crippen molar-refractivity contribution in [3.05, 3.63) is 76.8 Å². The topological polar surface area (TPSA) is 63.1 Å². The van der Waals surface area contributed by atoms with Gasteiger partial charge in [-0.05, 0) is 41.7 Å². The van der Waals surface area contributed by atoms with E-state index in [4.69, 9.17) is 11.6 Å². The maximum Gasteiger partial charge on any atom is 0.293 e. The first-order valence-electron chi connectivity index (χ1n) is 9.91. The maximum atomic E-state index is 12.7. The third kappa shape index (κ3) is 3.78. The maximum absolute atomic E-state index is 12.7. The number of fused-ring (bicyclic) bond motifs is 2. The molecule has 1 amide bonds. The van der Waals surface area contributed by atoms with Crippen molar-refractivity contribution in [1.82, 2.24) is 19.7 Å². The van der Waals surface area contributed by atoms with Crippen molar-refractivity contribution in [3.8, 4) is 0 Å². The van der Waals surface area contributed by atoms with Gasteiger partial charge in [0.2, 0.25) is 5.82 Å². The minimum Gasteiger partial charge on any atom is -0.319 e. The van der Waals surface area contributed by atoms with Crippen LogP contribution in [-0.4, -0.2) is 38.7 Å². The summed E-state index contributed by atoms with van der Waals surface area (Å²) in [6.45, 7) is 3.73. The van der Waals surface area contributed by atoms with Gasteiger partial charge >= 0.3 is 0 Å². The Morgan fingerprint density at radius 3 is 2.69 bits per heavy atom. The molecule has 7 heteroatoms. The summed E-state index contributed by atoms with van der Waals surface area (Å²) in [5, 5.41) is 12.2. The number of carbonyl (C=O) groups is 1. The number of likely N-dealkylation sites (tertiary alicyclic amines) is 1. The molecule has 29 heavy (non-hydrogen) atoms. The number of nitrogens with one attached hydrogen (secondary N) is 1. The van der Waals surface area contributed by atoms with Gasteiger partial charge < -0.3 is 9.88 Å². The predicted molar refractivity (Wildman–Crippen MR) is 112 cm³/mol. The first kappa shape index (κ1) is 18.3. The Kier molecular flexibility index (Phi) is 4.81. The molecule has 0 radical (unpaired) electrons. The number of amides is 1. The Bertz CT molecular complexity index is 1030. The molecule has 1 fully saturated rings. The highest BCUT2D eigenvalue weighted by atomic mass is 35.5. The van der Waals surface area contributed by atoms with Gasteiger partial charge in [0.1, 0.15) is 5.82 Å². The van der Waals surface area contributed by atoms with Crippen molar-refractivity contribution >= 4 is 23.2 Å². The van der Waals surface area contributed by atoms with Gasteiger partial charge in [-0.2, -0.15) is 0 Å². The number of para-hydroxylation sites is 1. The van der Waals surface area contributed by atoms with Gasteiger partial charge in [-0.3, -0.25) is 9.69 Å². The molecule has 0 saturated carbocycles. The van der Waals surface area contributed by atoms with Crippen LogP contribution < -0.4 is 5.32 Å². The van der Waals surface area contributed by atoms with E-state index < -0.39 is 0 Å². The Morgan fingerprint density at radius 2 is 1.86 bits per heavy atom. The molecule has 148 valence electrons. The van der Waals surface area contributed by atoms with Gasteiger partial charge in [-0.25, -0.2) is 0 Å². The molecule has 0 aliphatic carbocycles. The minimum atomic E-state index is -0.206. The van der Waals surface area contributed by atoms with Crippen LogP contribution in [0.4, 0.5) is 5.69 Å². The standard InChI is InChI=1S/C22H22ClN5O/c23-18-6-4-5-15(9-18)11-27-12-16-10-20-25-26-21(28(20)14-17(16)13-27)22(29)24-19-7-2-1-3-8-19/h1-9,16-17H,10-14H2,(H,24,29). The second-order valence-electron chi connectivity index (χ2n) is 7.92. The molecule has 2 aromatic carbocycles. The van der Waals surface area contributed by atoms with Gasteiger partial charge in [0, 0.05) is 43.3 Å². The van der Waals surface area contributed by atoms with Crippen molar-refractivity contribution in [2.75, 3.05) is 18.4 Å². The number of benzene rings is 2. The lowest BCUT2D eigenvalue weighted by Gasteiger charge is -2.25. The Hall–Kier alpha value is -2.70. The number of hydrogen-bond donors (Lipinski definition) is 1. The molecule has 2 atom stereocenters. The van der Waals surface area contributed by atoms with Crippen LogP contribution in [0.3, 0.4) is 0 Å². The summed E-state index contributed by atoms with van der Waals surface area (Å²) in [5.74, 6) is 2.16. The second kappa shape index (κ2) is 7.61. The van der Waals surface area contributed by atoms with Crippen molar-refractivity contribution in [3.63, 3.8) is 0 Å². The fourth-order valence-electron chi connectivity index (χ4n) is 4.52. The van der Waals surface area contributed by atoms with E-state index >= 15 is 0 Å². The van der Waals surface area contributed by atoms with Crippen molar-refractivity contribution < 1.29 is 4.79 Å². The molecule has 6 nitrogen and oxygen atoms in total. The van der Waals surface area contributed by atoms with Crippen LogP contribution in [0.25, 0.3) is 0 Å². The summed E-state index contributed by atoms with van der Waals surface area (Å²) in [6, 6.07) is 17.5.